The molecule has 0 spiro atoms. The summed E-state index contributed by atoms with van der Waals surface area (Å²) in [5, 5.41) is 0. The van der Waals surface area contributed by atoms with Crippen LogP contribution in [0.3, 0.4) is 0 Å². The van der Waals surface area contributed by atoms with E-state index in [9.17, 15) is 0 Å². The highest BCUT2D eigenvalue weighted by molar-refractivity contribution is 6.77. The van der Waals surface area contributed by atoms with Gasteiger partial charge in [-0.05, 0) is 24.2 Å². The molecule has 0 saturated carbocycles. The van der Waals surface area contributed by atoms with E-state index in [1.165, 1.54) is 12.1 Å². The predicted octanol–water partition coefficient (Wildman–Crippen LogP) is 2.62. The number of hydrogen-bond donors (Lipinski definition) is 0. The second kappa shape index (κ2) is 6.94. The normalized spacial score (nSPS) is 12.5. The molecule has 0 aliphatic carbocycles. The lowest BCUT2D eigenvalue weighted by atomic mass is 10.9. The maximum absolute atomic E-state index is 6.15. The largest absolute Gasteiger partial charge is 0.437 e. The summed E-state index contributed by atoms with van der Waals surface area (Å²) in [4.78, 5) is 0. The molecular formula is C8H20O2Si3. The van der Waals surface area contributed by atoms with Crippen LogP contribution >= 0.6 is 0 Å². The van der Waals surface area contributed by atoms with Crippen molar-refractivity contribution >= 4 is 28.1 Å². The van der Waals surface area contributed by atoms with Gasteiger partial charge in [-0.2, -0.15) is 0 Å². The predicted molar refractivity (Wildman–Crippen MR) is 61.4 cm³/mol. The fraction of sp³-hybridized carbons (Fsp3) is 1.00. The van der Waals surface area contributed by atoms with Crippen molar-refractivity contribution in [3.63, 3.8) is 0 Å². The van der Waals surface area contributed by atoms with Crippen LogP contribution in [0.25, 0.3) is 0 Å². The van der Waals surface area contributed by atoms with Crippen molar-refractivity contribution in [3.05, 3.63) is 0 Å². The third kappa shape index (κ3) is 4.07. The van der Waals surface area contributed by atoms with E-state index in [0.717, 1.165) is 12.1 Å². The van der Waals surface area contributed by atoms with Crippen molar-refractivity contribution in [2.24, 2.45) is 0 Å². The molecule has 0 aliphatic rings. The van der Waals surface area contributed by atoms with Gasteiger partial charge in [0.2, 0.25) is 10.5 Å². The zero-order chi connectivity index (χ0) is 10.3. The Morgan fingerprint density at radius 2 is 1.54 bits per heavy atom. The van der Waals surface area contributed by atoms with Gasteiger partial charge >= 0.3 is 8.56 Å². The molecule has 13 heavy (non-hydrogen) atoms. The molecule has 0 amide bonds. The Hall–Kier alpha value is 0.571. The lowest BCUT2D eigenvalue weighted by Gasteiger charge is -2.30. The Bertz CT molecular complexity index is 116. The van der Waals surface area contributed by atoms with E-state index in [4.69, 9.17) is 8.23 Å². The fourth-order valence-corrected chi connectivity index (χ4v) is 8.33. The molecule has 0 aromatic carbocycles. The first-order valence-electron chi connectivity index (χ1n) is 5.06. The molecule has 2 nitrogen and oxygen atoms in total. The van der Waals surface area contributed by atoms with Gasteiger partial charge in [0.25, 0.3) is 0 Å². The van der Waals surface area contributed by atoms with Gasteiger partial charge in [-0.25, -0.2) is 0 Å². The average molecular weight is 233 g/mol. The Labute approximate surface area is 88.5 Å². The molecule has 0 aromatic rings. The third-order valence-electron chi connectivity index (χ3n) is 2.38. The summed E-state index contributed by atoms with van der Waals surface area (Å²) in [6, 6.07) is 4.40. The zero-order valence-corrected chi connectivity index (χ0v) is 12.1. The van der Waals surface area contributed by atoms with E-state index in [2.05, 4.69) is 38.2 Å². The summed E-state index contributed by atoms with van der Waals surface area (Å²) in [7, 11) is 0.709. The second-order valence-corrected chi connectivity index (χ2v) is 10.4. The van der Waals surface area contributed by atoms with Crippen LogP contribution in [0.2, 0.25) is 24.2 Å². The van der Waals surface area contributed by atoms with Gasteiger partial charge in [0.05, 0.1) is 0 Å². The molecule has 0 atom stereocenters. The number of hydrogen-bond acceptors (Lipinski definition) is 2. The summed E-state index contributed by atoms with van der Waals surface area (Å²) >= 11 is 0. The van der Waals surface area contributed by atoms with Gasteiger partial charge in [-0.3, -0.25) is 0 Å². The van der Waals surface area contributed by atoms with Crippen molar-refractivity contribution in [2.75, 3.05) is 0 Å². The van der Waals surface area contributed by atoms with Crippen molar-refractivity contribution < 1.29 is 8.23 Å². The smallest absolute Gasteiger partial charge is 0.316 e. The van der Waals surface area contributed by atoms with E-state index < -0.39 is 17.6 Å². The van der Waals surface area contributed by atoms with E-state index in [0.29, 0.717) is 0 Å². The zero-order valence-electron chi connectivity index (χ0n) is 9.14. The maximum atomic E-state index is 6.15. The first-order valence-corrected chi connectivity index (χ1v) is 9.52. The SMILES string of the molecule is CC[Si](CC)O[Si](CC)(CC)O[Si]. The van der Waals surface area contributed by atoms with E-state index in [1.807, 2.05) is 0 Å². The van der Waals surface area contributed by atoms with Crippen molar-refractivity contribution in [1.82, 2.24) is 0 Å². The average Bonchev–Trinajstić information content (AvgIpc) is 2.21. The van der Waals surface area contributed by atoms with Crippen molar-refractivity contribution in [3.8, 4) is 0 Å². The molecule has 4 radical (unpaired) electrons. The maximum Gasteiger partial charge on any atom is 0.316 e. The van der Waals surface area contributed by atoms with Crippen molar-refractivity contribution in [1.29, 1.82) is 0 Å². The van der Waals surface area contributed by atoms with Crippen LogP contribution in [0.1, 0.15) is 27.7 Å². The van der Waals surface area contributed by atoms with Crippen molar-refractivity contribution in [2.45, 2.75) is 51.9 Å². The lowest BCUT2D eigenvalue weighted by molar-refractivity contribution is 0.403. The van der Waals surface area contributed by atoms with Gasteiger partial charge < -0.3 is 8.23 Å². The molecule has 0 saturated heterocycles. The number of rotatable bonds is 7. The molecule has 5 heteroatoms. The molecule has 0 rings (SSSR count). The van der Waals surface area contributed by atoms with Gasteiger partial charge in [0.15, 0.2) is 9.04 Å². The molecule has 0 unspecified atom stereocenters. The first-order chi connectivity index (χ1) is 6.17. The first kappa shape index (κ1) is 13.6. The Kier molecular flexibility index (Phi) is 7.25. The standard InChI is InChI=1S/C8H20O2Si3/c1-5-12(6-2)10-13(7-3,8-4)9-11/h5-8H2,1-4H3. The van der Waals surface area contributed by atoms with Crippen LogP contribution in [-0.4, -0.2) is 28.1 Å². The molecule has 0 bridgehead atoms. The van der Waals surface area contributed by atoms with E-state index in [-0.39, 0.29) is 0 Å². The summed E-state index contributed by atoms with van der Waals surface area (Å²) in [6.07, 6.45) is 0. The van der Waals surface area contributed by atoms with Crippen LogP contribution in [0, 0.1) is 0 Å². The summed E-state index contributed by atoms with van der Waals surface area (Å²) in [5.41, 5.74) is 0. The molecule has 0 N–H and O–H groups in total. The van der Waals surface area contributed by atoms with Gasteiger partial charge in [0, 0.05) is 0 Å². The van der Waals surface area contributed by atoms with Crippen LogP contribution < -0.4 is 0 Å². The highest BCUT2D eigenvalue weighted by Gasteiger charge is 2.34. The third-order valence-corrected chi connectivity index (χ3v) is 10.2. The second-order valence-electron chi connectivity index (χ2n) is 3.07. The highest BCUT2D eigenvalue weighted by atomic mass is 28.4. The highest BCUT2D eigenvalue weighted by Crippen LogP contribution is 2.20. The molecule has 76 valence electrons. The minimum absolute atomic E-state index is 0.610. The van der Waals surface area contributed by atoms with Gasteiger partial charge in [0.1, 0.15) is 0 Å². The minimum Gasteiger partial charge on any atom is -0.437 e. The lowest BCUT2D eigenvalue weighted by Crippen LogP contribution is -2.44. The molecule has 0 aliphatic heterocycles. The Morgan fingerprint density at radius 1 is 1.08 bits per heavy atom. The fourth-order valence-electron chi connectivity index (χ4n) is 1.22. The van der Waals surface area contributed by atoms with E-state index >= 15 is 0 Å². The van der Waals surface area contributed by atoms with Crippen LogP contribution in [0.4, 0.5) is 0 Å². The molecule has 0 aromatic heterocycles. The Balaban J connectivity index is 4.21. The van der Waals surface area contributed by atoms with Crippen LogP contribution in [0.5, 0.6) is 0 Å². The van der Waals surface area contributed by atoms with Crippen LogP contribution in [-0.2, 0) is 8.23 Å². The van der Waals surface area contributed by atoms with Gasteiger partial charge in [-0.1, -0.05) is 27.7 Å². The quantitative estimate of drug-likeness (QED) is 0.628. The minimum atomic E-state index is -1.86. The summed E-state index contributed by atoms with van der Waals surface area (Å²) in [5.74, 6) is 0. The Morgan fingerprint density at radius 3 is 1.77 bits per heavy atom. The molecule has 0 fully saturated rings. The van der Waals surface area contributed by atoms with Crippen LogP contribution in [0.15, 0.2) is 0 Å². The molecular weight excluding hydrogens is 212 g/mol. The summed E-state index contributed by atoms with van der Waals surface area (Å²) in [6.45, 7) is 8.72. The summed E-state index contributed by atoms with van der Waals surface area (Å²) < 4.78 is 11.6. The van der Waals surface area contributed by atoms with Gasteiger partial charge in [-0.15, -0.1) is 0 Å². The van der Waals surface area contributed by atoms with E-state index in [1.54, 1.807) is 0 Å². The molecule has 0 heterocycles. The topological polar surface area (TPSA) is 18.5 Å². The monoisotopic (exact) mass is 232 g/mol.